The van der Waals surface area contributed by atoms with Gasteiger partial charge in [-0.1, -0.05) is 35.0 Å². The van der Waals surface area contributed by atoms with Gasteiger partial charge in [-0.15, -0.1) is 5.10 Å². The third-order valence-corrected chi connectivity index (χ3v) is 5.18. The zero-order valence-corrected chi connectivity index (χ0v) is 17.8. The van der Waals surface area contributed by atoms with E-state index in [2.05, 4.69) is 15.6 Å². The van der Waals surface area contributed by atoms with Crippen LogP contribution in [0.15, 0.2) is 36.4 Å². The van der Waals surface area contributed by atoms with Crippen molar-refractivity contribution in [3.63, 3.8) is 0 Å². The van der Waals surface area contributed by atoms with Gasteiger partial charge in [-0.05, 0) is 12.5 Å². The van der Waals surface area contributed by atoms with Crippen LogP contribution in [0.3, 0.4) is 0 Å². The van der Waals surface area contributed by atoms with Gasteiger partial charge >= 0.3 is 0 Å². The zero-order chi connectivity index (χ0) is 22.0. The van der Waals surface area contributed by atoms with Crippen LogP contribution in [0.2, 0.25) is 0 Å². The molecule has 3 aromatic rings. The zero-order valence-electron chi connectivity index (χ0n) is 17.8. The first-order valence-corrected chi connectivity index (χ1v) is 9.76. The lowest BCUT2D eigenvalue weighted by molar-refractivity contribution is -0.00171. The van der Waals surface area contributed by atoms with Crippen LogP contribution in [-0.4, -0.2) is 42.2 Å². The van der Waals surface area contributed by atoms with Crippen LogP contribution in [0, 0.1) is 6.92 Å². The van der Waals surface area contributed by atoms with Crippen molar-refractivity contribution >= 4 is 11.6 Å². The standard InChI is InChI=1S/C22H24N4O5/c1-13-5-7-14(8-6-13)19-11-26-16(12-31-19)20(24-25-26)22(27)23-15-9-17(28-2)21(30-4)18(10-15)29-3/h5-10,19H,11-12H2,1-4H3,(H,23,27)/t19-/m1/s1. The first-order valence-electron chi connectivity index (χ1n) is 9.76. The number of amides is 1. The maximum Gasteiger partial charge on any atom is 0.278 e. The second-order valence-corrected chi connectivity index (χ2v) is 7.15. The molecule has 4 rings (SSSR count). The number of rotatable bonds is 6. The van der Waals surface area contributed by atoms with E-state index in [1.165, 1.54) is 26.9 Å². The smallest absolute Gasteiger partial charge is 0.278 e. The molecule has 162 valence electrons. The number of hydrogen-bond acceptors (Lipinski definition) is 7. The Morgan fingerprint density at radius 3 is 2.39 bits per heavy atom. The first-order chi connectivity index (χ1) is 15.0. The highest BCUT2D eigenvalue weighted by atomic mass is 16.5. The van der Waals surface area contributed by atoms with E-state index in [-0.39, 0.29) is 18.4 Å². The number of nitrogens with one attached hydrogen (secondary N) is 1. The summed E-state index contributed by atoms with van der Waals surface area (Å²) in [5, 5.41) is 11.1. The van der Waals surface area contributed by atoms with E-state index in [4.69, 9.17) is 18.9 Å². The van der Waals surface area contributed by atoms with Crippen molar-refractivity contribution in [2.24, 2.45) is 0 Å². The molecule has 0 bridgehead atoms. The van der Waals surface area contributed by atoms with Crippen molar-refractivity contribution in [2.45, 2.75) is 26.2 Å². The van der Waals surface area contributed by atoms with E-state index in [9.17, 15) is 4.79 Å². The van der Waals surface area contributed by atoms with E-state index in [0.29, 0.717) is 35.2 Å². The van der Waals surface area contributed by atoms with E-state index in [0.717, 1.165) is 5.56 Å². The molecule has 0 aliphatic carbocycles. The predicted molar refractivity (Wildman–Crippen MR) is 113 cm³/mol. The summed E-state index contributed by atoms with van der Waals surface area (Å²) in [6.07, 6.45) is -0.138. The second kappa shape index (κ2) is 8.65. The molecule has 1 aliphatic heterocycles. The van der Waals surface area contributed by atoms with E-state index in [1.807, 2.05) is 31.2 Å². The van der Waals surface area contributed by atoms with E-state index >= 15 is 0 Å². The third-order valence-electron chi connectivity index (χ3n) is 5.18. The Labute approximate surface area is 179 Å². The highest BCUT2D eigenvalue weighted by Crippen LogP contribution is 2.40. The number of aromatic nitrogens is 3. The lowest BCUT2D eigenvalue weighted by Gasteiger charge is -2.24. The highest BCUT2D eigenvalue weighted by molar-refractivity contribution is 6.03. The molecule has 0 saturated heterocycles. The van der Waals surface area contributed by atoms with Crippen molar-refractivity contribution in [2.75, 3.05) is 26.6 Å². The summed E-state index contributed by atoms with van der Waals surface area (Å²) in [6.45, 7) is 2.77. The summed E-state index contributed by atoms with van der Waals surface area (Å²) in [5.41, 5.74) is 3.59. The Balaban J connectivity index is 1.53. The van der Waals surface area contributed by atoms with Crippen LogP contribution in [0.1, 0.15) is 33.4 Å². The largest absolute Gasteiger partial charge is 0.493 e. The molecule has 31 heavy (non-hydrogen) atoms. The topological polar surface area (TPSA) is 96.7 Å². The Kier molecular flexibility index (Phi) is 5.77. The van der Waals surface area contributed by atoms with Gasteiger partial charge in [-0.25, -0.2) is 4.68 Å². The number of fused-ring (bicyclic) bond motifs is 1. The number of nitrogens with zero attached hydrogens (tertiary/aromatic N) is 3. The normalized spacial score (nSPS) is 15.2. The molecule has 0 fully saturated rings. The molecule has 0 spiro atoms. The molecule has 0 saturated carbocycles. The molecule has 2 heterocycles. The fourth-order valence-electron chi connectivity index (χ4n) is 3.51. The van der Waals surface area contributed by atoms with Crippen molar-refractivity contribution in [1.82, 2.24) is 15.0 Å². The molecule has 0 unspecified atom stereocenters. The summed E-state index contributed by atoms with van der Waals surface area (Å²) in [6, 6.07) is 11.5. The SMILES string of the molecule is COc1cc(NC(=O)c2nnn3c2CO[C@@H](c2ccc(C)cc2)C3)cc(OC)c1OC. The van der Waals surface area contributed by atoms with Gasteiger partial charge in [0.1, 0.15) is 6.10 Å². The van der Waals surface area contributed by atoms with E-state index < -0.39 is 5.91 Å². The van der Waals surface area contributed by atoms with Crippen molar-refractivity contribution in [3.8, 4) is 17.2 Å². The van der Waals surface area contributed by atoms with Crippen LogP contribution < -0.4 is 19.5 Å². The van der Waals surface area contributed by atoms with Crippen molar-refractivity contribution < 1.29 is 23.7 Å². The minimum Gasteiger partial charge on any atom is -0.493 e. The van der Waals surface area contributed by atoms with Gasteiger partial charge in [-0.3, -0.25) is 4.79 Å². The second-order valence-electron chi connectivity index (χ2n) is 7.15. The number of ether oxygens (including phenoxy) is 4. The summed E-state index contributed by atoms with van der Waals surface area (Å²) < 4.78 is 23.7. The van der Waals surface area contributed by atoms with Gasteiger partial charge in [0.25, 0.3) is 5.91 Å². The molecule has 1 atom stereocenters. The number of anilines is 1. The summed E-state index contributed by atoms with van der Waals surface area (Å²) in [4.78, 5) is 12.9. The van der Waals surface area contributed by atoms with Gasteiger partial charge in [0, 0.05) is 17.8 Å². The van der Waals surface area contributed by atoms with Crippen LogP contribution in [0.5, 0.6) is 17.2 Å². The van der Waals surface area contributed by atoms with Crippen LogP contribution in [0.4, 0.5) is 5.69 Å². The maximum atomic E-state index is 12.9. The molecule has 0 radical (unpaired) electrons. The minimum atomic E-state index is -0.395. The molecule has 1 amide bonds. The lowest BCUT2D eigenvalue weighted by atomic mass is 10.1. The molecule has 1 N–H and O–H groups in total. The molecule has 9 nitrogen and oxygen atoms in total. The summed E-state index contributed by atoms with van der Waals surface area (Å²) in [5.74, 6) is 0.922. The fourth-order valence-corrected chi connectivity index (χ4v) is 3.51. The first kappa shape index (κ1) is 20.7. The Morgan fingerprint density at radius 1 is 1.10 bits per heavy atom. The van der Waals surface area contributed by atoms with Gasteiger partial charge in [0.15, 0.2) is 17.2 Å². The number of benzene rings is 2. The Hall–Kier alpha value is -3.59. The molecular formula is C22H24N4O5. The van der Waals surface area contributed by atoms with Gasteiger partial charge in [0.05, 0.1) is 40.2 Å². The molecule has 9 heteroatoms. The number of aryl methyl sites for hydroxylation is 1. The van der Waals surface area contributed by atoms with Crippen LogP contribution in [0.25, 0.3) is 0 Å². The Morgan fingerprint density at radius 2 is 1.77 bits per heavy atom. The van der Waals surface area contributed by atoms with Gasteiger partial charge < -0.3 is 24.3 Å². The number of methoxy groups -OCH3 is 3. The molecule has 1 aliphatic rings. The molecule has 1 aromatic heterocycles. The number of hydrogen-bond donors (Lipinski definition) is 1. The lowest BCUT2D eigenvalue weighted by Crippen LogP contribution is -2.24. The fraction of sp³-hybridized carbons (Fsp3) is 0.318. The van der Waals surface area contributed by atoms with Gasteiger partial charge in [0.2, 0.25) is 5.75 Å². The number of carbonyl (C=O) groups excluding carboxylic acids is 1. The highest BCUT2D eigenvalue weighted by Gasteiger charge is 2.28. The molecule has 2 aromatic carbocycles. The summed E-state index contributed by atoms with van der Waals surface area (Å²) >= 11 is 0. The minimum absolute atomic E-state index is 0.138. The van der Waals surface area contributed by atoms with Crippen molar-refractivity contribution in [3.05, 3.63) is 58.9 Å². The van der Waals surface area contributed by atoms with Gasteiger partial charge in [-0.2, -0.15) is 0 Å². The summed E-state index contributed by atoms with van der Waals surface area (Å²) in [7, 11) is 4.55. The third kappa shape index (κ3) is 4.04. The maximum absolute atomic E-state index is 12.9. The average molecular weight is 424 g/mol. The average Bonchev–Trinajstić information content (AvgIpc) is 3.22. The predicted octanol–water partition coefficient (Wildman–Crippen LogP) is 3.14. The van der Waals surface area contributed by atoms with Crippen LogP contribution >= 0.6 is 0 Å². The van der Waals surface area contributed by atoms with Crippen LogP contribution in [-0.2, 0) is 17.9 Å². The Bertz CT molecular complexity index is 1070. The quantitative estimate of drug-likeness (QED) is 0.649. The van der Waals surface area contributed by atoms with E-state index in [1.54, 1.807) is 16.8 Å². The van der Waals surface area contributed by atoms with Crippen molar-refractivity contribution in [1.29, 1.82) is 0 Å². The molecular weight excluding hydrogens is 400 g/mol. The number of carbonyl (C=O) groups is 1. The monoisotopic (exact) mass is 424 g/mol.